The summed E-state index contributed by atoms with van der Waals surface area (Å²) in [6.45, 7) is 4.22. The Bertz CT molecular complexity index is 824. The Labute approximate surface area is 210 Å². The van der Waals surface area contributed by atoms with Crippen molar-refractivity contribution < 1.29 is 64.6 Å². The number of hydrogen-bond donors (Lipinski definition) is 1. The molecule has 4 rings (SSSR count). The van der Waals surface area contributed by atoms with Gasteiger partial charge in [0.25, 0.3) is 0 Å². The standard InChI is InChI=1S/C20H29N3O3S.K/c1-2-23-11-5-8-16(13-23)27(25,26)22-20(24)21-19-17-9-3-6-14(17)12-15-7-4-10-18(15)19;/h12,16H,2-11,13H2,1H3,(H2,21,22,24);/q;+1/p-1. The maximum Gasteiger partial charge on any atom is 1.00 e. The van der Waals surface area contributed by atoms with Gasteiger partial charge >= 0.3 is 51.4 Å². The largest absolute Gasteiger partial charge is 1.00 e. The first-order valence-electron chi connectivity index (χ1n) is 10.1. The van der Waals surface area contributed by atoms with Crippen LogP contribution in [0.5, 0.6) is 0 Å². The third-order valence-electron chi connectivity index (χ3n) is 6.25. The van der Waals surface area contributed by atoms with Gasteiger partial charge in [0.05, 0.1) is 5.25 Å². The molecule has 1 N–H and O–H groups in total. The monoisotopic (exact) mass is 429 g/mol. The summed E-state index contributed by atoms with van der Waals surface area (Å²) in [6, 6.07) is 1.55. The van der Waals surface area contributed by atoms with Gasteiger partial charge in [0.1, 0.15) is 0 Å². The second-order valence-corrected chi connectivity index (χ2v) is 9.81. The van der Waals surface area contributed by atoms with Crippen LogP contribution in [0.4, 0.5) is 10.5 Å². The van der Waals surface area contributed by atoms with Crippen molar-refractivity contribution in [3.63, 3.8) is 0 Å². The summed E-state index contributed by atoms with van der Waals surface area (Å²) >= 11 is 0. The predicted molar refractivity (Wildman–Crippen MR) is 107 cm³/mol. The molecular weight excluding hydrogens is 401 g/mol. The Morgan fingerprint density at radius 1 is 1.14 bits per heavy atom. The van der Waals surface area contributed by atoms with Crippen molar-refractivity contribution in [2.24, 2.45) is 0 Å². The smallest absolute Gasteiger partial charge is 0.423 e. The summed E-state index contributed by atoms with van der Waals surface area (Å²) in [4.78, 5) is 14.7. The second-order valence-electron chi connectivity index (χ2n) is 7.93. The Kier molecular flexibility index (Phi) is 7.67. The van der Waals surface area contributed by atoms with Crippen molar-refractivity contribution in [2.45, 2.75) is 63.5 Å². The van der Waals surface area contributed by atoms with E-state index in [2.05, 4.69) is 21.0 Å². The number of anilines is 1. The molecule has 2 amide bonds. The van der Waals surface area contributed by atoms with Gasteiger partial charge in [-0.3, -0.25) is 4.79 Å². The summed E-state index contributed by atoms with van der Waals surface area (Å²) < 4.78 is 29.0. The maximum absolute atomic E-state index is 12.7. The van der Waals surface area contributed by atoms with Gasteiger partial charge in [-0.05, 0) is 92.4 Å². The fourth-order valence-corrected chi connectivity index (χ4v) is 6.12. The minimum absolute atomic E-state index is 0. The number of carbonyl (C=O) groups is 1. The van der Waals surface area contributed by atoms with Crippen LogP contribution in [0.25, 0.3) is 4.72 Å². The molecule has 0 spiro atoms. The average molecular weight is 430 g/mol. The first-order valence-corrected chi connectivity index (χ1v) is 11.6. The number of amides is 2. The molecule has 0 saturated carbocycles. The van der Waals surface area contributed by atoms with E-state index in [-0.39, 0.29) is 51.4 Å². The van der Waals surface area contributed by atoms with Crippen LogP contribution in [0.1, 0.15) is 54.9 Å². The van der Waals surface area contributed by atoms with E-state index in [9.17, 15) is 13.2 Å². The molecule has 3 aliphatic rings. The van der Waals surface area contributed by atoms with Crippen LogP contribution in [-0.4, -0.2) is 44.2 Å². The second kappa shape index (κ2) is 9.45. The van der Waals surface area contributed by atoms with Crippen molar-refractivity contribution in [3.05, 3.63) is 33.0 Å². The number of sulfonamides is 1. The van der Waals surface area contributed by atoms with Crippen molar-refractivity contribution >= 4 is 21.7 Å². The molecule has 1 unspecified atom stereocenters. The molecule has 1 aliphatic heterocycles. The minimum atomic E-state index is -3.80. The predicted octanol–water partition coefficient (Wildman–Crippen LogP) is 0.388. The van der Waals surface area contributed by atoms with Gasteiger partial charge in [-0.2, -0.15) is 0 Å². The Morgan fingerprint density at radius 2 is 1.79 bits per heavy atom. The quantitative estimate of drug-likeness (QED) is 0.702. The van der Waals surface area contributed by atoms with Gasteiger partial charge in [-0.25, -0.2) is 8.42 Å². The molecular formula is C20H28KN3O3S. The van der Waals surface area contributed by atoms with E-state index < -0.39 is 21.3 Å². The Morgan fingerprint density at radius 3 is 2.39 bits per heavy atom. The number of aryl methyl sites for hydroxylation is 2. The van der Waals surface area contributed by atoms with Gasteiger partial charge in [-0.15, -0.1) is 0 Å². The molecule has 1 heterocycles. The van der Waals surface area contributed by atoms with E-state index in [1.54, 1.807) is 0 Å². The van der Waals surface area contributed by atoms with Gasteiger partial charge in [0.2, 0.25) is 0 Å². The van der Waals surface area contributed by atoms with Crippen LogP contribution in [0.3, 0.4) is 0 Å². The van der Waals surface area contributed by atoms with Crippen LogP contribution in [0.15, 0.2) is 6.07 Å². The fourth-order valence-electron chi connectivity index (χ4n) is 4.83. The van der Waals surface area contributed by atoms with Crippen LogP contribution >= 0.6 is 0 Å². The maximum atomic E-state index is 12.7. The molecule has 1 aromatic rings. The first-order chi connectivity index (χ1) is 13.0. The zero-order chi connectivity index (χ0) is 19.0. The van der Waals surface area contributed by atoms with Gasteiger partial charge in [0, 0.05) is 6.54 Å². The van der Waals surface area contributed by atoms with Crippen molar-refractivity contribution in [2.75, 3.05) is 25.0 Å². The summed E-state index contributed by atoms with van der Waals surface area (Å²) in [7, 11) is -3.80. The molecule has 148 valence electrons. The van der Waals surface area contributed by atoms with Crippen molar-refractivity contribution in [1.82, 2.24) is 4.90 Å². The molecule has 1 aromatic carbocycles. The number of urea groups is 1. The molecule has 6 nitrogen and oxygen atoms in total. The molecule has 28 heavy (non-hydrogen) atoms. The topological polar surface area (TPSA) is 80.6 Å². The van der Waals surface area contributed by atoms with Crippen molar-refractivity contribution in [1.29, 1.82) is 0 Å². The van der Waals surface area contributed by atoms with Gasteiger partial charge < -0.3 is 14.9 Å². The molecule has 0 aromatic heterocycles. The SMILES string of the molecule is CCN1CCCC(S(=O)(=O)[N-]C(=O)Nc2c3c(cc4c2CCC4)CCC3)C1.[K+]. The van der Waals surface area contributed by atoms with Crippen LogP contribution < -0.4 is 56.7 Å². The van der Waals surface area contributed by atoms with Crippen molar-refractivity contribution in [3.8, 4) is 0 Å². The molecule has 1 fully saturated rings. The summed E-state index contributed by atoms with van der Waals surface area (Å²) in [6.07, 6.45) is 7.54. The summed E-state index contributed by atoms with van der Waals surface area (Å²) in [5.41, 5.74) is 5.83. The zero-order valence-electron chi connectivity index (χ0n) is 17.0. The van der Waals surface area contributed by atoms with E-state index in [1.807, 2.05) is 6.92 Å². The van der Waals surface area contributed by atoms with Crippen LogP contribution in [0.2, 0.25) is 0 Å². The van der Waals surface area contributed by atoms with Crippen LogP contribution in [-0.2, 0) is 35.7 Å². The van der Waals surface area contributed by atoms with E-state index in [0.29, 0.717) is 13.0 Å². The number of nitrogens with zero attached hydrogens (tertiary/aromatic N) is 2. The number of likely N-dealkylation sites (tertiary alicyclic amines) is 1. The number of carbonyl (C=O) groups excluding carboxylic acids is 1. The van der Waals surface area contributed by atoms with Gasteiger partial charge in [0.15, 0.2) is 16.1 Å². The number of nitrogens with one attached hydrogen (secondary N) is 1. The number of piperidine rings is 1. The molecule has 8 heteroatoms. The first kappa shape index (κ1) is 22.7. The van der Waals surface area contributed by atoms with E-state index in [0.717, 1.165) is 63.7 Å². The Balaban J connectivity index is 0.00000225. The van der Waals surface area contributed by atoms with E-state index >= 15 is 0 Å². The van der Waals surface area contributed by atoms with Gasteiger partial charge in [-0.1, -0.05) is 13.0 Å². The molecule has 1 saturated heterocycles. The number of fused-ring (bicyclic) bond motifs is 2. The fraction of sp³-hybridized carbons (Fsp3) is 0.650. The summed E-state index contributed by atoms with van der Waals surface area (Å²) in [5, 5.41) is 2.29. The number of hydrogen-bond acceptors (Lipinski definition) is 4. The normalized spacial score (nSPS) is 21.5. The zero-order valence-corrected chi connectivity index (χ0v) is 20.9. The molecule has 1 atom stereocenters. The summed E-state index contributed by atoms with van der Waals surface area (Å²) in [5.74, 6) is 0. The molecule has 0 radical (unpaired) electrons. The molecule has 0 bridgehead atoms. The average Bonchev–Trinajstić information content (AvgIpc) is 3.30. The van der Waals surface area contributed by atoms with Crippen LogP contribution in [0, 0.1) is 0 Å². The minimum Gasteiger partial charge on any atom is -0.423 e. The van der Waals surface area contributed by atoms with E-state index in [4.69, 9.17) is 0 Å². The third kappa shape index (κ3) is 4.68. The Hall–Kier alpha value is 0.0364. The number of rotatable bonds is 4. The third-order valence-corrected chi connectivity index (χ3v) is 7.89. The van der Waals surface area contributed by atoms with E-state index in [1.165, 1.54) is 22.3 Å². The molecule has 2 aliphatic carbocycles. The number of benzene rings is 1.